The van der Waals surface area contributed by atoms with Gasteiger partial charge in [0.1, 0.15) is 17.6 Å². The first-order valence-electron chi connectivity index (χ1n) is 14.0. The average Bonchev–Trinajstić information content (AvgIpc) is 3.47. The van der Waals surface area contributed by atoms with Crippen LogP contribution in [-0.2, 0) is 27.1 Å². The van der Waals surface area contributed by atoms with E-state index >= 15 is 0 Å². The second-order valence-corrected chi connectivity index (χ2v) is 13.0. The molecule has 0 bridgehead atoms. The minimum atomic E-state index is -4.84. The number of nitrogens with one attached hydrogen (secondary N) is 1. The van der Waals surface area contributed by atoms with Gasteiger partial charge in [-0.05, 0) is 52.7 Å². The number of para-hydroxylation sites is 1. The normalized spacial score (nSPS) is 19.3. The number of benzene rings is 4. The minimum Gasteiger partial charge on any atom is -0.325 e. The lowest BCUT2D eigenvalue weighted by Crippen LogP contribution is -2.33. The largest absolute Gasteiger partial charge is 0.418 e. The van der Waals surface area contributed by atoms with Crippen LogP contribution in [0, 0.1) is 11.7 Å². The first kappa shape index (κ1) is 29.9. The smallest absolute Gasteiger partial charge is 0.325 e. The Balaban J connectivity index is 1.28. The van der Waals surface area contributed by atoms with Crippen molar-refractivity contribution < 1.29 is 31.9 Å². The number of carbonyl (C=O) groups is 3. The van der Waals surface area contributed by atoms with Crippen molar-refractivity contribution in [3.63, 3.8) is 0 Å². The number of halogens is 4. The van der Waals surface area contributed by atoms with Gasteiger partial charge in [0.15, 0.2) is 0 Å². The van der Waals surface area contributed by atoms with E-state index in [2.05, 4.69) is 5.32 Å². The summed E-state index contributed by atoms with van der Waals surface area (Å²) in [6.45, 7) is -0.416. The van der Waals surface area contributed by atoms with Gasteiger partial charge in [0.05, 0.1) is 22.2 Å². The number of thioether (sulfide) groups is 1. The molecule has 4 aromatic carbocycles. The van der Waals surface area contributed by atoms with Crippen LogP contribution in [0.4, 0.5) is 28.9 Å². The fourth-order valence-electron chi connectivity index (χ4n) is 6.04. The van der Waals surface area contributed by atoms with Gasteiger partial charge in [-0.3, -0.25) is 23.7 Å². The lowest BCUT2D eigenvalue weighted by Gasteiger charge is -2.30. The van der Waals surface area contributed by atoms with Crippen LogP contribution in [0.1, 0.15) is 21.9 Å². The summed E-state index contributed by atoms with van der Waals surface area (Å²) < 4.78 is 57.0. The van der Waals surface area contributed by atoms with E-state index in [4.69, 9.17) is 0 Å². The summed E-state index contributed by atoms with van der Waals surface area (Å²) >= 11 is 1.66. The van der Waals surface area contributed by atoms with Crippen molar-refractivity contribution in [2.24, 2.45) is 5.92 Å². The molecule has 1 fully saturated rings. The molecule has 13 heteroatoms. The van der Waals surface area contributed by atoms with E-state index < -0.39 is 69.5 Å². The summed E-state index contributed by atoms with van der Waals surface area (Å²) in [5, 5.41) is 3.71. The fraction of sp³-hybridized carbons (Fsp3) is 0.152. The van der Waals surface area contributed by atoms with Gasteiger partial charge in [-0.25, -0.2) is 9.29 Å². The molecule has 2 aliphatic heterocycles. The highest BCUT2D eigenvalue weighted by Gasteiger charge is 2.57. The summed E-state index contributed by atoms with van der Waals surface area (Å²) in [7, 11) is 0. The summed E-state index contributed by atoms with van der Waals surface area (Å²) in [6.07, 6.45) is -4.84. The molecular formula is C33H21F4N3O4S2. The third-order valence-electron chi connectivity index (χ3n) is 8.06. The van der Waals surface area contributed by atoms with Crippen molar-refractivity contribution in [1.82, 2.24) is 4.57 Å². The van der Waals surface area contributed by atoms with E-state index in [0.29, 0.717) is 21.0 Å². The van der Waals surface area contributed by atoms with Gasteiger partial charge in [0.2, 0.25) is 17.7 Å². The molecule has 0 spiro atoms. The van der Waals surface area contributed by atoms with Gasteiger partial charge >= 0.3 is 11.0 Å². The van der Waals surface area contributed by atoms with Crippen LogP contribution in [0.25, 0.3) is 10.8 Å². The van der Waals surface area contributed by atoms with Gasteiger partial charge in [-0.2, -0.15) is 13.2 Å². The second-order valence-electron chi connectivity index (χ2n) is 10.9. The Morgan fingerprint density at radius 2 is 1.54 bits per heavy atom. The second kappa shape index (κ2) is 11.2. The Morgan fingerprint density at radius 1 is 0.848 bits per heavy atom. The Bertz CT molecular complexity index is 2110. The molecule has 3 amide bonds. The molecule has 1 N–H and O–H groups in total. The molecule has 46 heavy (non-hydrogen) atoms. The highest BCUT2D eigenvalue weighted by atomic mass is 32.2. The van der Waals surface area contributed by atoms with Gasteiger partial charge in [0, 0.05) is 16.5 Å². The number of aromatic nitrogens is 1. The van der Waals surface area contributed by atoms with E-state index in [1.165, 1.54) is 41.0 Å². The van der Waals surface area contributed by atoms with Crippen LogP contribution in [-0.4, -0.2) is 27.5 Å². The van der Waals surface area contributed by atoms with Crippen LogP contribution in [0.15, 0.2) is 101 Å². The maximum absolute atomic E-state index is 14.0. The number of imide groups is 1. The summed E-state index contributed by atoms with van der Waals surface area (Å²) in [4.78, 5) is 54.8. The van der Waals surface area contributed by atoms with Gasteiger partial charge < -0.3 is 5.32 Å². The number of anilines is 2. The average molecular weight is 664 g/mol. The number of thiazole rings is 1. The summed E-state index contributed by atoms with van der Waals surface area (Å²) in [6, 6.07) is 22.5. The van der Waals surface area contributed by atoms with E-state index in [-0.39, 0.29) is 5.03 Å². The van der Waals surface area contributed by atoms with Crippen molar-refractivity contribution in [3.8, 4) is 0 Å². The quantitative estimate of drug-likeness (QED) is 0.168. The van der Waals surface area contributed by atoms with Crippen molar-refractivity contribution in [1.29, 1.82) is 0 Å². The lowest BCUT2D eigenvalue weighted by molar-refractivity contribution is -0.137. The minimum absolute atomic E-state index is 0.256. The predicted molar refractivity (Wildman–Crippen MR) is 166 cm³/mol. The van der Waals surface area contributed by atoms with Crippen molar-refractivity contribution >= 4 is 63.0 Å². The zero-order valence-corrected chi connectivity index (χ0v) is 25.1. The molecule has 2 unspecified atom stereocenters. The topological polar surface area (TPSA) is 88.5 Å². The van der Waals surface area contributed by atoms with Crippen LogP contribution in [0.3, 0.4) is 0 Å². The number of hydrogen-bond acceptors (Lipinski definition) is 6. The van der Waals surface area contributed by atoms with Gasteiger partial charge in [-0.15, -0.1) is 0 Å². The molecule has 1 saturated heterocycles. The maximum Gasteiger partial charge on any atom is 0.418 e. The molecule has 3 atom stereocenters. The molecule has 1 aromatic heterocycles. The predicted octanol–water partition coefficient (Wildman–Crippen LogP) is 6.66. The van der Waals surface area contributed by atoms with Crippen molar-refractivity contribution in [2.75, 3.05) is 10.2 Å². The molecular weight excluding hydrogens is 643 g/mol. The SMILES string of the molecule is O=C(Cn1c2c(sc1=O)[C@H](c1ccc(F)cc1)C1C(=O)N(c3ccccc3C(F)(F)F)C(=O)C1S2)Nc1ccc2ccccc2c1. The third kappa shape index (κ3) is 5.09. The van der Waals surface area contributed by atoms with E-state index in [0.717, 1.165) is 46.0 Å². The Kier molecular flexibility index (Phi) is 7.32. The summed E-state index contributed by atoms with van der Waals surface area (Å²) in [5.41, 5.74) is -0.823. The third-order valence-corrected chi connectivity index (χ3v) is 10.7. The van der Waals surface area contributed by atoms with Crippen molar-refractivity contribution in [3.05, 3.63) is 122 Å². The van der Waals surface area contributed by atoms with Gasteiger partial charge in [-0.1, -0.05) is 77.7 Å². The zero-order valence-electron chi connectivity index (χ0n) is 23.5. The first-order valence-corrected chi connectivity index (χ1v) is 15.7. The number of fused-ring (bicyclic) bond motifs is 3. The molecule has 0 radical (unpaired) electrons. The molecule has 0 saturated carbocycles. The van der Waals surface area contributed by atoms with Gasteiger partial charge in [0.25, 0.3) is 0 Å². The highest BCUT2D eigenvalue weighted by molar-refractivity contribution is 8.00. The molecule has 3 heterocycles. The number of hydrogen-bond donors (Lipinski definition) is 1. The molecule has 7 rings (SSSR count). The first-order chi connectivity index (χ1) is 22.0. The van der Waals surface area contributed by atoms with Crippen LogP contribution in [0.5, 0.6) is 0 Å². The molecule has 5 aromatic rings. The Morgan fingerprint density at radius 3 is 2.28 bits per heavy atom. The number of nitrogens with zero attached hydrogens (tertiary/aromatic N) is 2. The molecule has 7 nitrogen and oxygen atoms in total. The summed E-state index contributed by atoms with van der Waals surface area (Å²) in [5.74, 6) is -4.95. The maximum atomic E-state index is 14.0. The Hall–Kier alpha value is -4.75. The molecule has 0 aliphatic carbocycles. The number of amides is 3. The molecule has 2 aliphatic rings. The Labute approximate surface area is 266 Å². The molecule has 232 valence electrons. The number of alkyl halides is 3. The standard InChI is InChI=1S/C33H21F4N3O4S2/c34-20-12-9-18(10-13-20)25-26-27(30(43)40(29(26)42)23-8-4-3-7-22(23)33(35,36)37)45-31-28(25)46-32(44)39(31)16-24(41)38-21-14-11-17-5-1-2-6-19(17)15-21/h1-15,25-27H,16H2,(H,38,41)/t25-,26?,27?/m1/s1. The van der Waals surface area contributed by atoms with Crippen LogP contribution >= 0.6 is 23.1 Å². The van der Waals surface area contributed by atoms with Crippen LogP contribution in [0.2, 0.25) is 0 Å². The van der Waals surface area contributed by atoms with E-state index in [9.17, 15) is 36.7 Å². The zero-order chi connectivity index (χ0) is 32.3. The fourth-order valence-corrected chi connectivity index (χ4v) is 8.81. The van der Waals surface area contributed by atoms with E-state index in [1.54, 1.807) is 12.1 Å². The van der Waals surface area contributed by atoms with Crippen molar-refractivity contribution in [2.45, 2.75) is 28.9 Å². The van der Waals surface area contributed by atoms with Crippen LogP contribution < -0.4 is 15.1 Å². The highest BCUT2D eigenvalue weighted by Crippen LogP contribution is 2.54. The number of carbonyl (C=O) groups excluding carboxylic acids is 3. The lowest BCUT2D eigenvalue weighted by atomic mass is 9.83. The van der Waals surface area contributed by atoms with E-state index in [1.807, 2.05) is 30.3 Å². The number of rotatable bonds is 5. The monoisotopic (exact) mass is 663 g/mol.